The SMILES string of the molecule is CC(C)CC(N)C(CO)SC1COC1. The van der Waals surface area contributed by atoms with E-state index >= 15 is 0 Å². The first kappa shape index (κ1) is 12.3. The lowest BCUT2D eigenvalue weighted by Gasteiger charge is -2.31. The zero-order valence-electron chi connectivity index (χ0n) is 8.98. The number of ether oxygens (including phenoxy) is 1. The maximum atomic E-state index is 9.24. The van der Waals surface area contributed by atoms with Crippen LogP contribution in [0.15, 0.2) is 0 Å². The Kier molecular flexibility index (Phi) is 5.23. The predicted molar refractivity (Wildman–Crippen MR) is 60.5 cm³/mol. The van der Waals surface area contributed by atoms with Crippen molar-refractivity contribution in [3.63, 3.8) is 0 Å². The third-order valence-electron chi connectivity index (χ3n) is 2.38. The van der Waals surface area contributed by atoms with E-state index in [1.807, 2.05) is 0 Å². The van der Waals surface area contributed by atoms with Crippen LogP contribution in [0.2, 0.25) is 0 Å². The third kappa shape index (κ3) is 3.77. The summed E-state index contributed by atoms with van der Waals surface area (Å²) in [6.07, 6.45) is 0.978. The van der Waals surface area contributed by atoms with Crippen molar-refractivity contribution in [2.24, 2.45) is 11.7 Å². The topological polar surface area (TPSA) is 55.5 Å². The maximum Gasteiger partial charge on any atom is 0.0608 e. The highest BCUT2D eigenvalue weighted by molar-refractivity contribution is 8.00. The Labute approximate surface area is 90.4 Å². The molecule has 0 aromatic rings. The predicted octanol–water partition coefficient (Wildman–Crippen LogP) is 0.853. The average Bonchev–Trinajstić information content (AvgIpc) is 2.01. The van der Waals surface area contributed by atoms with Crippen molar-refractivity contribution < 1.29 is 9.84 Å². The molecule has 1 saturated heterocycles. The van der Waals surface area contributed by atoms with E-state index in [0.29, 0.717) is 11.2 Å². The van der Waals surface area contributed by atoms with Gasteiger partial charge >= 0.3 is 0 Å². The Bertz CT molecular complexity index is 162. The molecule has 84 valence electrons. The van der Waals surface area contributed by atoms with E-state index in [9.17, 15) is 5.11 Å². The first-order chi connectivity index (χ1) is 6.63. The summed E-state index contributed by atoms with van der Waals surface area (Å²) >= 11 is 1.78. The van der Waals surface area contributed by atoms with Crippen LogP contribution in [0.5, 0.6) is 0 Å². The Morgan fingerprint density at radius 2 is 2.14 bits per heavy atom. The van der Waals surface area contributed by atoms with Crippen LogP contribution in [0.3, 0.4) is 0 Å². The molecule has 1 rings (SSSR count). The van der Waals surface area contributed by atoms with E-state index < -0.39 is 0 Å². The molecular formula is C10H21NO2S. The molecule has 3 N–H and O–H groups in total. The number of thioether (sulfide) groups is 1. The lowest BCUT2D eigenvalue weighted by molar-refractivity contribution is 0.0450. The normalized spacial score (nSPS) is 22.1. The van der Waals surface area contributed by atoms with Gasteiger partial charge in [-0.3, -0.25) is 0 Å². The van der Waals surface area contributed by atoms with E-state index in [0.717, 1.165) is 19.6 Å². The number of aliphatic hydroxyl groups is 1. The molecule has 4 heteroatoms. The summed E-state index contributed by atoms with van der Waals surface area (Å²) < 4.78 is 5.10. The van der Waals surface area contributed by atoms with Crippen LogP contribution in [0.4, 0.5) is 0 Å². The van der Waals surface area contributed by atoms with E-state index in [-0.39, 0.29) is 17.9 Å². The van der Waals surface area contributed by atoms with E-state index in [2.05, 4.69) is 13.8 Å². The molecular weight excluding hydrogens is 198 g/mol. The fourth-order valence-electron chi connectivity index (χ4n) is 1.52. The molecule has 0 aliphatic carbocycles. The van der Waals surface area contributed by atoms with Gasteiger partial charge < -0.3 is 15.6 Å². The highest BCUT2D eigenvalue weighted by Crippen LogP contribution is 2.26. The summed E-state index contributed by atoms with van der Waals surface area (Å²) in [6.45, 7) is 6.12. The fourth-order valence-corrected chi connectivity index (χ4v) is 2.76. The van der Waals surface area contributed by atoms with Crippen molar-refractivity contribution in [2.45, 2.75) is 36.8 Å². The first-order valence-corrected chi connectivity index (χ1v) is 6.17. The van der Waals surface area contributed by atoms with Gasteiger partial charge in [0, 0.05) is 11.3 Å². The molecule has 1 aliphatic rings. The van der Waals surface area contributed by atoms with Crippen LogP contribution >= 0.6 is 11.8 Å². The summed E-state index contributed by atoms with van der Waals surface area (Å²) in [5.41, 5.74) is 6.03. The van der Waals surface area contributed by atoms with E-state index in [1.165, 1.54) is 0 Å². The largest absolute Gasteiger partial charge is 0.395 e. The maximum absolute atomic E-state index is 9.24. The minimum absolute atomic E-state index is 0.102. The van der Waals surface area contributed by atoms with Crippen molar-refractivity contribution in [2.75, 3.05) is 19.8 Å². The van der Waals surface area contributed by atoms with Crippen LogP contribution in [0.25, 0.3) is 0 Å². The minimum atomic E-state index is 0.102. The van der Waals surface area contributed by atoms with Gasteiger partial charge in [0.05, 0.1) is 25.1 Å². The summed E-state index contributed by atoms with van der Waals surface area (Å²) in [7, 11) is 0. The highest BCUT2D eigenvalue weighted by atomic mass is 32.2. The molecule has 1 heterocycles. The van der Waals surface area contributed by atoms with Gasteiger partial charge in [-0.05, 0) is 12.3 Å². The van der Waals surface area contributed by atoms with Crippen molar-refractivity contribution in [1.82, 2.24) is 0 Å². The Morgan fingerprint density at radius 1 is 1.50 bits per heavy atom. The highest BCUT2D eigenvalue weighted by Gasteiger charge is 2.27. The molecule has 14 heavy (non-hydrogen) atoms. The Hall–Kier alpha value is 0.230. The average molecular weight is 219 g/mol. The van der Waals surface area contributed by atoms with Crippen molar-refractivity contribution in [3.05, 3.63) is 0 Å². The zero-order chi connectivity index (χ0) is 10.6. The molecule has 0 saturated carbocycles. The molecule has 0 bridgehead atoms. The zero-order valence-corrected chi connectivity index (χ0v) is 9.80. The second-order valence-electron chi connectivity index (χ2n) is 4.31. The Morgan fingerprint density at radius 3 is 2.50 bits per heavy atom. The molecule has 1 fully saturated rings. The molecule has 2 unspecified atom stereocenters. The van der Waals surface area contributed by atoms with Gasteiger partial charge in [0.1, 0.15) is 0 Å². The van der Waals surface area contributed by atoms with Gasteiger partial charge in [0.25, 0.3) is 0 Å². The smallest absolute Gasteiger partial charge is 0.0608 e. The van der Waals surface area contributed by atoms with Gasteiger partial charge in [0.2, 0.25) is 0 Å². The summed E-state index contributed by atoms with van der Waals surface area (Å²) in [6, 6.07) is 0.102. The van der Waals surface area contributed by atoms with Crippen molar-refractivity contribution >= 4 is 11.8 Å². The molecule has 1 aliphatic heterocycles. The second kappa shape index (κ2) is 5.95. The minimum Gasteiger partial charge on any atom is -0.395 e. The van der Waals surface area contributed by atoms with Gasteiger partial charge in [-0.1, -0.05) is 13.8 Å². The van der Waals surface area contributed by atoms with E-state index in [4.69, 9.17) is 10.5 Å². The number of hydrogen-bond donors (Lipinski definition) is 2. The van der Waals surface area contributed by atoms with Crippen LogP contribution in [-0.4, -0.2) is 41.5 Å². The molecule has 0 spiro atoms. The second-order valence-corrected chi connectivity index (χ2v) is 5.85. The number of hydrogen-bond acceptors (Lipinski definition) is 4. The summed E-state index contributed by atoms with van der Waals surface area (Å²) in [4.78, 5) is 0. The molecule has 3 nitrogen and oxygen atoms in total. The molecule has 0 aromatic carbocycles. The van der Waals surface area contributed by atoms with Crippen LogP contribution in [0, 0.1) is 5.92 Å². The van der Waals surface area contributed by atoms with Crippen molar-refractivity contribution in [1.29, 1.82) is 0 Å². The van der Waals surface area contributed by atoms with Gasteiger partial charge in [-0.2, -0.15) is 0 Å². The van der Waals surface area contributed by atoms with E-state index in [1.54, 1.807) is 11.8 Å². The van der Waals surface area contributed by atoms with Gasteiger partial charge in [-0.25, -0.2) is 0 Å². The van der Waals surface area contributed by atoms with Crippen LogP contribution < -0.4 is 5.73 Å². The molecule has 2 atom stereocenters. The van der Waals surface area contributed by atoms with Gasteiger partial charge in [-0.15, -0.1) is 11.8 Å². The molecule has 0 radical (unpaired) electrons. The number of aliphatic hydroxyl groups excluding tert-OH is 1. The third-order valence-corrected chi connectivity index (χ3v) is 3.88. The van der Waals surface area contributed by atoms with Crippen LogP contribution in [-0.2, 0) is 4.74 Å². The monoisotopic (exact) mass is 219 g/mol. The van der Waals surface area contributed by atoms with Crippen molar-refractivity contribution in [3.8, 4) is 0 Å². The molecule has 0 aromatic heterocycles. The number of rotatable bonds is 6. The first-order valence-electron chi connectivity index (χ1n) is 5.23. The number of nitrogens with two attached hydrogens (primary N) is 1. The summed E-state index contributed by atoms with van der Waals surface area (Å²) in [5.74, 6) is 0.595. The fraction of sp³-hybridized carbons (Fsp3) is 1.00. The molecule has 0 amide bonds. The summed E-state index contributed by atoms with van der Waals surface area (Å²) in [5, 5.41) is 9.96. The lowest BCUT2D eigenvalue weighted by atomic mass is 10.0. The lowest BCUT2D eigenvalue weighted by Crippen LogP contribution is -2.41. The standard InChI is InChI=1S/C10H21NO2S/c1-7(2)3-9(11)10(4-12)14-8-5-13-6-8/h7-10,12H,3-6,11H2,1-2H3. The van der Waals surface area contributed by atoms with Gasteiger partial charge in [0.15, 0.2) is 0 Å². The quantitative estimate of drug-likeness (QED) is 0.695. The Balaban J connectivity index is 2.27. The van der Waals surface area contributed by atoms with Crippen LogP contribution in [0.1, 0.15) is 20.3 Å².